The maximum absolute atomic E-state index is 12.5. The van der Waals surface area contributed by atoms with Gasteiger partial charge in [0.15, 0.2) is 0 Å². The number of amides is 1. The van der Waals surface area contributed by atoms with Crippen LogP contribution in [0.4, 0.5) is 13.2 Å². The van der Waals surface area contributed by atoms with Gasteiger partial charge >= 0.3 is 6.18 Å². The summed E-state index contributed by atoms with van der Waals surface area (Å²) in [5.41, 5.74) is 0.159. The van der Waals surface area contributed by atoms with Crippen molar-refractivity contribution in [2.75, 3.05) is 7.11 Å². The number of rotatable bonds is 2. The van der Waals surface area contributed by atoms with E-state index in [1.807, 2.05) is 0 Å². The molecular weight excluding hydrogens is 247 g/mol. The number of carbonyl (C=O) groups excluding carboxylic acids is 1. The Kier molecular flexibility index (Phi) is 3.77. The van der Waals surface area contributed by atoms with Crippen molar-refractivity contribution in [3.05, 3.63) is 34.3 Å². The van der Waals surface area contributed by atoms with Crippen LogP contribution in [0.15, 0.2) is 18.2 Å². The molecule has 1 N–H and O–H groups in total. The monoisotopic (exact) mass is 253 g/mol. The van der Waals surface area contributed by atoms with Crippen LogP contribution in [0.3, 0.4) is 0 Å². The summed E-state index contributed by atoms with van der Waals surface area (Å²) in [4.78, 5) is 15.5. The van der Waals surface area contributed by atoms with E-state index in [2.05, 4.69) is 4.84 Å². The minimum absolute atomic E-state index is 0.0363. The Balaban J connectivity index is 3.24. The molecule has 0 unspecified atom stereocenters. The normalized spacial score (nSPS) is 11.3. The van der Waals surface area contributed by atoms with Crippen LogP contribution in [0.2, 0.25) is 5.02 Å². The van der Waals surface area contributed by atoms with E-state index in [9.17, 15) is 18.0 Å². The highest BCUT2D eigenvalue weighted by Crippen LogP contribution is 2.33. The first kappa shape index (κ1) is 12.8. The summed E-state index contributed by atoms with van der Waals surface area (Å²) >= 11 is 5.52. The summed E-state index contributed by atoms with van der Waals surface area (Å²) in [5.74, 6) is -1.00. The van der Waals surface area contributed by atoms with Gasteiger partial charge in [0.05, 0.1) is 18.2 Å². The first-order chi connectivity index (χ1) is 7.36. The third-order valence-electron chi connectivity index (χ3n) is 1.73. The first-order valence-corrected chi connectivity index (χ1v) is 4.44. The Labute approximate surface area is 94.1 Å². The fraction of sp³-hybridized carbons (Fsp3) is 0.222. The molecule has 0 radical (unpaired) electrons. The molecule has 0 fully saturated rings. The fourth-order valence-electron chi connectivity index (χ4n) is 1.10. The molecule has 3 nitrogen and oxygen atoms in total. The zero-order chi connectivity index (χ0) is 12.3. The molecule has 0 atom stereocenters. The van der Waals surface area contributed by atoms with Gasteiger partial charge in [-0.05, 0) is 18.2 Å². The van der Waals surface area contributed by atoms with Crippen LogP contribution in [-0.4, -0.2) is 13.0 Å². The molecule has 0 saturated heterocycles. The smallest absolute Gasteiger partial charge is 0.277 e. The Morgan fingerprint density at radius 3 is 2.56 bits per heavy atom. The molecule has 0 heterocycles. The molecular formula is C9H7ClF3NO2. The van der Waals surface area contributed by atoms with Crippen molar-refractivity contribution in [1.82, 2.24) is 5.48 Å². The molecule has 0 aliphatic carbocycles. The summed E-state index contributed by atoms with van der Waals surface area (Å²) in [6, 6.07) is 2.74. The number of alkyl halides is 3. The fourth-order valence-corrected chi connectivity index (χ4v) is 1.27. The second kappa shape index (κ2) is 4.71. The van der Waals surface area contributed by atoms with E-state index in [1.54, 1.807) is 5.48 Å². The van der Waals surface area contributed by atoms with Gasteiger partial charge in [-0.25, -0.2) is 5.48 Å². The van der Waals surface area contributed by atoms with Gasteiger partial charge in [0, 0.05) is 5.02 Å². The van der Waals surface area contributed by atoms with E-state index in [4.69, 9.17) is 11.6 Å². The third-order valence-corrected chi connectivity index (χ3v) is 1.96. The molecule has 0 aliphatic rings. The van der Waals surface area contributed by atoms with Crippen LogP contribution in [0.1, 0.15) is 15.9 Å². The summed E-state index contributed by atoms with van der Waals surface area (Å²) in [6.07, 6.45) is -4.62. The molecule has 0 aromatic heterocycles. The van der Waals surface area contributed by atoms with Crippen molar-refractivity contribution >= 4 is 17.5 Å². The van der Waals surface area contributed by atoms with Gasteiger partial charge in [-0.15, -0.1) is 0 Å². The van der Waals surface area contributed by atoms with Gasteiger partial charge in [-0.3, -0.25) is 9.63 Å². The van der Waals surface area contributed by atoms with Crippen molar-refractivity contribution in [1.29, 1.82) is 0 Å². The molecule has 7 heteroatoms. The molecule has 16 heavy (non-hydrogen) atoms. The second-order valence-electron chi connectivity index (χ2n) is 2.82. The van der Waals surface area contributed by atoms with E-state index in [1.165, 1.54) is 0 Å². The maximum atomic E-state index is 12.5. The lowest BCUT2D eigenvalue weighted by Gasteiger charge is -2.12. The summed E-state index contributed by atoms with van der Waals surface area (Å²) in [6.45, 7) is 0. The summed E-state index contributed by atoms with van der Waals surface area (Å²) in [5, 5.41) is 0.0363. The number of hydrogen-bond acceptors (Lipinski definition) is 2. The van der Waals surface area contributed by atoms with E-state index in [-0.39, 0.29) is 5.02 Å². The molecule has 88 valence electrons. The number of hydrogen-bond donors (Lipinski definition) is 1. The van der Waals surface area contributed by atoms with Crippen molar-refractivity contribution in [3.8, 4) is 0 Å². The maximum Gasteiger partial charge on any atom is 0.417 e. The standard InChI is InChI=1S/C9H7ClF3NO2/c1-16-14-8(15)6-4-5(10)2-3-7(6)9(11,12)13/h2-4H,1H3,(H,14,15). The van der Waals surface area contributed by atoms with Crippen LogP contribution in [0.5, 0.6) is 0 Å². The third kappa shape index (κ3) is 2.86. The van der Waals surface area contributed by atoms with E-state index in [0.29, 0.717) is 0 Å². The topological polar surface area (TPSA) is 38.3 Å². The average molecular weight is 254 g/mol. The summed E-state index contributed by atoms with van der Waals surface area (Å²) < 4.78 is 37.6. The highest BCUT2D eigenvalue weighted by Gasteiger charge is 2.35. The highest BCUT2D eigenvalue weighted by molar-refractivity contribution is 6.31. The van der Waals surface area contributed by atoms with Crippen LogP contribution in [0.25, 0.3) is 0 Å². The molecule has 1 aromatic rings. The lowest BCUT2D eigenvalue weighted by atomic mass is 10.1. The molecule has 1 aromatic carbocycles. The Hall–Kier alpha value is -1.27. The number of hydroxylamine groups is 1. The van der Waals surface area contributed by atoms with Crippen molar-refractivity contribution in [2.45, 2.75) is 6.18 Å². The Bertz CT molecular complexity index is 406. The van der Waals surface area contributed by atoms with Gasteiger partial charge in [0.2, 0.25) is 0 Å². The van der Waals surface area contributed by atoms with E-state index >= 15 is 0 Å². The average Bonchev–Trinajstić information content (AvgIpc) is 2.16. The number of benzene rings is 1. The van der Waals surface area contributed by atoms with E-state index in [0.717, 1.165) is 25.3 Å². The molecule has 0 spiro atoms. The van der Waals surface area contributed by atoms with Crippen LogP contribution >= 0.6 is 11.6 Å². The van der Waals surface area contributed by atoms with Crippen LogP contribution < -0.4 is 5.48 Å². The van der Waals surface area contributed by atoms with Crippen molar-refractivity contribution in [3.63, 3.8) is 0 Å². The lowest BCUT2D eigenvalue weighted by Crippen LogP contribution is -2.25. The van der Waals surface area contributed by atoms with Crippen LogP contribution in [-0.2, 0) is 11.0 Å². The lowest BCUT2D eigenvalue weighted by molar-refractivity contribution is -0.138. The minimum Gasteiger partial charge on any atom is -0.277 e. The minimum atomic E-state index is -4.62. The molecule has 1 amide bonds. The first-order valence-electron chi connectivity index (χ1n) is 4.06. The Morgan fingerprint density at radius 2 is 2.06 bits per heavy atom. The Morgan fingerprint density at radius 1 is 1.44 bits per heavy atom. The predicted octanol–water partition coefficient (Wildman–Crippen LogP) is 2.65. The number of nitrogens with one attached hydrogen (secondary N) is 1. The number of carbonyl (C=O) groups is 1. The quantitative estimate of drug-likeness (QED) is 0.823. The van der Waals surface area contributed by atoms with Crippen molar-refractivity contribution < 1.29 is 22.8 Å². The van der Waals surface area contributed by atoms with Gasteiger partial charge < -0.3 is 0 Å². The van der Waals surface area contributed by atoms with Gasteiger partial charge in [0.25, 0.3) is 5.91 Å². The molecule has 0 aliphatic heterocycles. The van der Waals surface area contributed by atoms with Crippen LogP contribution in [0, 0.1) is 0 Å². The molecule has 1 rings (SSSR count). The highest BCUT2D eigenvalue weighted by atomic mass is 35.5. The zero-order valence-corrected chi connectivity index (χ0v) is 8.82. The van der Waals surface area contributed by atoms with Crippen molar-refractivity contribution in [2.24, 2.45) is 0 Å². The van der Waals surface area contributed by atoms with Gasteiger partial charge in [0.1, 0.15) is 0 Å². The van der Waals surface area contributed by atoms with Gasteiger partial charge in [-0.2, -0.15) is 13.2 Å². The SMILES string of the molecule is CONC(=O)c1cc(Cl)ccc1C(F)(F)F. The largest absolute Gasteiger partial charge is 0.417 e. The number of halogens is 4. The summed E-state index contributed by atoms with van der Waals surface area (Å²) in [7, 11) is 1.12. The predicted molar refractivity (Wildman–Crippen MR) is 50.9 cm³/mol. The second-order valence-corrected chi connectivity index (χ2v) is 3.26. The zero-order valence-electron chi connectivity index (χ0n) is 8.06. The molecule has 0 bridgehead atoms. The molecule has 0 saturated carbocycles. The van der Waals surface area contributed by atoms with Gasteiger partial charge in [-0.1, -0.05) is 11.6 Å². The van der Waals surface area contributed by atoms with E-state index < -0.39 is 23.2 Å².